The van der Waals surface area contributed by atoms with E-state index in [-0.39, 0.29) is 33.6 Å². The number of rotatable bonds is 5. The van der Waals surface area contributed by atoms with Crippen LogP contribution in [0.2, 0.25) is 0 Å². The van der Waals surface area contributed by atoms with Gasteiger partial charge in [0, 0.05) is 31.1 Å². The maximum absolute atomic E-state index is 14.8. The Morgan fingerprint density at radius 3 is 2.29 bits per heavy atom. The monoisotopic (exact) mass is 525 g/mol. The third-order valence-electron chi connectivity index (χ3n) is 5.19. The molecule has 0 fully saturated rings. The number of hydrogen-bond donors (Lipinski definition) is 1. The number of carbonyl (C=O) groups is 2. The van der Waals surface area contributed by atoms with Crippen molar-refractivity contribution in [2.24, 2.45) is 10.7 Å². The molecule has 0 bridgehead atoms. The van der Waals surface area contributed by atoms with Crippen LogP contribution >= 0.6 is 0 Å². The minimum absolute atomic E-state index is 0.0174. The summed E-state index contributed by atoms with van der Waals surface area (Å²) in [5.74, 6) is -4.40. The molecule has 1 aromatic heterocycles. The highest BCUT2D eigenvalue weighted by Gasteiger charge is 2.26. The van der Waals surface area contributed by atoms with Crippen LogP contribution in [-0.2, 0) is 0 Å². The Bertz CT molecular complexity index is 1570. The molecule has 38 heavy (non-hydrogen) atoms. The Kier molecular flexibility index (Phi) is 7.24. The fraction of sp³-hybridized carbons (Fsp3) is 0.0769. The summed E-state index contributed by atoms with van der Waals surface area (Å²) in [7, 11) is 3.31. The van der Waals surface area contributed by atoms with Crippen molar-refractivity contribution in [2.45, 2.75) is 0 Å². The Morgan fingerprint density at radius 1 is 0.947 bits per heavy atom. The van der Waals surface area contributed by atoms with Crippen LogP contribution in [-0.4, -0.2) is 42.4 Å². The minimum Gasteiger partial charge on any atom is -0.409 e. The summed E-state index contributed by atoms with van der Waals surface area (Å²) < 4.78 is 62.9. The molecule has 0 saturated carbocycles. The van der Waals surface area contributed by atoms with Gasteiger partial charge in [0.05, 0.1) is 12.0 Å². The molecule has 8 nitrogen and oxygen atoms in total. The topological polar surface area (TPSA) is 101 Å². The first kappa shape index (κ1) is 26.1. The molecule has 0 atom stereocenters. The number of anilines is 2. The Morgan fingerprint density at radius 2 is 1.66 bits per heavy atom. The first-order chi connectivity index (χ1) is 18.0. The molecule has 194 valence electrons. The van der Waals surface area contributed by atoms with Crippen molar-refractivity contribution < 1.29 is 31.9 Å². The second kappa shape index (κ2) is 10.5. The third-order valence-corrected chi connectivity index (χ3v) is 5.19. The number of halogens is 4. The van der Waals surface area contributed by atoms with Crippen LogP contribution in [0.5, 0.6) is 5.75 Å². The lowest BCUT2D eigenvalue weighted by Gasteiger charge is -2.22. The van der Waals surface area contributed by atoms with Gasteiger partial charge in [-0.15, -0.1) is 0 Å². The van der Waals surface area contributed by atoms with Gasteiger partial charge in [-0.2, -0.15) is 4.99 Å². The number of ether oxygens (including phenoxy) is 1. The van der Waals surface area contributed by atoms with Crippen LogP contribution in [0.25, 0.3) is 22.0 Å². The standard InChI is InChI=1S/C26H19F4N5O3/c1-34(2)13-32-26(37)38-16-7-9-17-14(10-16)11-22(33-23(17)18-8-6-15(27)12-21(18)30)35(25(31)36)24-19(28)4-3-5-20(24)29/h3-13H,1-2H3,(H2,31,36)/b32-13+. The SMILES string of the molecule is CN(C)/C=N/C(=O)Oc1ccc2c(-c3ccc(F)cc3F)nc(N(C(N)=O)c3c(F)cccc3F)cc2c1. The molecule has 4 aromatic rings. The molecule has 3 aromatic carbocycles. The van der Waals surface area contributed by atoms with Crippen LogP contribution in [0.1, 0.15) is 0 Å². The van der Waals surface area contributed by atoms with Gasteiger partial charge >= 0.3 is 12.1 Å². The molecule has 0 aliphatic heterocycles. The smallest absolute Gasteiger partial charge is 0.409 e. The first-order valence-corrected chi connectivity index (χ1v) is 10.9. The maximum Gasteiger partial charge on any atom is 0.440 e. The molecule has 0 spiro atoms. The highest BCUT2D eigenvalue weighted by Crippen LogP contribution is 2.37. The van der Waals surface area contributed by atoms with E-state index in [0.717, 1.165) is 30.3 Å². The average molecular weight is 525 g/mol. The van der Waals surface area contributed by atoms with Gasteiger partial charge in [0.1, 0.15) is 40.5 Å². The number of nitrogens with two attached hydrogens (primary N) is 1. The van der Waals surface area contributed by atoms with Gasteiger partial charge in [-0.3, -0.25) is 0 Å². The van der Waals surface area contributed by atoms with E-state index in [9.17, 15) is 27.2 Å². The lowest BCUT2D eigenvalue weighted by molar-refractivity contribution is 0.211. The molecule has 2 N–H and O–H groups in total. The van der Waals surface area contributed by atoms with Crippen LogP contribution in [0.4, 0.5) is 38.7 Å². The fourth-order valence-electron chi connectivity index (χ4n) is 3.62. The number of primary amides is 1. The number of amides is 3. The van der Waals surface area contributed by atoms with Gasteiger partial charge in [-0.05, 0) is 53.9 Å². The van der Waals surface area contributed by atoms with Gasteiger partial charge in [0.25, 0.3) is 0 Å². The maximum atomic E-state index is 14.8. The quantitative estimate of drug-likeness (QED) is 0.203. The fourth-order valence-corrected chi connectivity index (χ4v) is 3.62. The van der Waals surface area contributed by atoms with E-state index in [4.69, 9.17) is 10.5 Å². The van der Waals surface area contributed by atoms with Crippen molar-refractivity contribution in [3.8, 4) is 17.0 Å². The summed E-state index contributed by atoms with van der Waals surface area (Å²) in [6.45, 7) is 0. The molecular weight excluding hydrogens is 506 g/mol. The van der Waals surface area contributed by atoms with Crippen molar-refractivity contribution >= 4 is 40.7 Å². The van der Waals surface area contributed by atoms with E-state index in [1.807, 2.05) is 0 Å². The number of pyridine rings is 1. The summed E-state index contributed by atoms with van der Waals surface area (Å²) in [6.07, 6.45) is 0.290. The predicted molar refractivity (Wildman–Crippen MR) is 133 cm³/mol. The van der Waals surface area contributed by atoms with Gasteiger partial charge < -0.3 is 15.4 Å². The van der Waals surface area contributed by atoms with Crippen LogP contribution in [0.3, 0.4) is 0 Å². The Balaban J connectivity index is 1.95. The highest BCUT2D eigenvalue weighted by molar-refractivity contribution is 6.03. The molecule has 0 unspecified atom stereocenters. The highest BCUT2D eigenvalue weighted by atomic mass is 19.1. The number of aliphatic imine (C=N–C) groups is 1. The zero-order valence-corrected chi connectivity index (χ0v) is 20.0. The summed E-state index contributed by atoms with van der Waals surface area (Å²) in [5.41, 5.74) is 4.40. The summed E-state index contributed by atoms with van der Waals surface area (Å²) in [4.78, 5) is 34.3. The molecule has 12 heteroatoms. The van der Waals surface area contributed by atoms with Crippen molar-refractivity contribution in [1.82, 2.24) is 9.88 Å². The average Bonchev–Trinajstić information content (AvgIpc) is 2.84. The molecule has 1 heterocycles. The van der Waals surface area contributed by atoms with Crippen LogP contribution in [0.15, 0.2) is 65.7 Å². The van der Waals surface area contributed by atoms with E-state index in [2.05, 4.69) is 9.98 Å². The van der Waals surface area contributed by atoms with E-state index < -0.39 is 41.1 Å². The van der Waals surface area contributed by atoms with E-state index in [1.54, 1.807) is 14.1 Å². The lowest BCUT2D eigenvalue weighted by atomic mass is 10.0. The largest absolute Gasteiger partial charge is 0.440 e. The van der Waals surface area contributed by atoms with E-state index in [0.29, 0.717) is 11.0 Å². The van der Waals surface area contributed by atoms with E-state index >= 15 is 0 Å². The molecule has 0 aliphatic rings. The Hall–Kier alpha value is -5.00. The Labute approximate surface area is 213 Å². The summed E-state index contributed by atoms with van der Waals surface area (Å²) in [6, 6.07) is 9.84. The van der Waals surface area contributed by atoms with Gasteiger partial charge in [-0.1, -0.05) is 6.07 Å². The zero-order valence-electron chi connectivity index (χ0n) is 20.0. The predicted octanol–water partition coefficient (Wildman–Crippen LogP) is 5.76. The molecule has 4 rings (SSSR count). The third kappa shape index (κ3) is 5.38. The van der Waals surface area contributed by atoms with Crippen molar-refractivity contribution in [3.63, 3.8) is 0 Å². The number of urea groups is 1. The number of fused-ring (bicyclic) bond motifs is 1. The number of para-hydroxylation sites is 1. The van der Waals surface area contributed by atoms with Gasteiger partial charge in [0.2, 0.25) is 0 Å². The lowest BCUT2D eigenvalue weighted by Crippen LogP contribution is -2.33. The minimum atomic E-state index is -1.29. The molecule has 0 radical (unpaired) electrons. The number of aromatic nitrogens is 1. The van der Waals surface area contributed by atoms with Crippen molar-refractivity contribution in [2.75, 3.05) is 19.0 Å². The second-order valence-corrected chi connectivity index (χ2v) is 8.16. The van der Waals surface area contributed by atoms with Crippen molar-refractivity contribution in [1.29, 1.82) is 0 Å². The zero-order chi connectivity index (χ0) is 27.6. The molecular formula is C26H19F4N5O3. The van der Waals surface area contributed by atoms with Gasteiger partial charge in [0.15, 0.2) is 0 Å². The number of nitrogens with zero attached hydrogens (tertiary/aromatic N) is 4. The number of benzene rings is 3. The van der Waals surface area contributed by atoms with Crippen LogP contribution in [0, 0.1) is 23.3 Å². The second-order valence-electron chi connectivity index (χ2n) is 8.16. The van der Waals surface area contributed by atoms with Crippen LogP contribution < -0.4 is 15.4 Å². The van der Waals surface area contributed by atoms with Gasteiger partial charge in [-0.25, -0.2) is 37.0 Å². The van der Waals surface area contributed by atoms with E-state index in [1.165, 1.54) is 35.5 Å². The molecule has 0 aliphatic carbocycles. The van der Waals surface area contributed by atoms with Crippen molar-refractivity contribution in [3.05, 3.63) is 83.9 Å². The summed E-state index contributed by atoms with van der Waals surface area (Å²) >= 11 is 0. The number of hydrogen-bond acceptors (Lipinski definition) is 4. The normalized spacial score (nSPS) is 11.1. The molecule has 0 saturated heterocycles. The first-order valence-electron chi connectivity index (χ1n) is 10.9. The number of carbonyl (C=O) groups excluding carboxylic acids is 2. The molecule has 3 amide bonds. The summed E-state index contributed by atoms with van der Waals surface area (Å²) in [5, 5.41) is 0.507.